The fraction of sp³-hybridized carbons (Fsp3) is 0.235. The summed E-state index contributed by atoms with van der Waals surface area (Å²) in [6, 6.07) is 15.5. The number of para-hydroxylation sites is 1. The molecule has 2 aromatic carbocycles. The molecule has 2 aromatic rings. The second kappa shape index (κ2) is 8.01. The van der Waals surface area contributed by atoms with E-state index in [1.165, 1.54) is 0 Å². The number of thiocarbonyl (C=S) groups is 1. The number of nitrogens with one attached hydrogen (secondary N) is 2. The Labute approximate surface area is 141 Å². The summed E-state index contributed by atoms with van der Waals surface area (Å²) in [5.41, 5.74) is 1.98. The summed E-state index contributed by atoms with van der Waals surface area (Å²) in [7, 11) is 0. The Morgan fingerprint density at radius 2 is 2.00 bits per heavy atom. The van der Waals surface area contributed by atoms with Crippen LogP contribution < -0.4 is 15.4 Å². The van der Waals surface area contributed by atoms with Gasteiger partial charge in [-0.25, -0.2) is 0 Å². The van der Waals surface area contributed by atoms with E-state index in [1.54, 1.807) is 0 Å². The summed E-state index contributed by atoms with van der Waals surface area (Å²) in [6.45, 7) is 4.57. The Hall–Kier alpha value is -1.78. The molecule has 2 N–H and O–H groups in total. The van der Waals surface area contributed by atoms with Gasteiger partial charge in [0.1, 0.15) is 12.4 Å². The van der Waals surface area contributed by atoms with Crippen LogP contribution >= 0.6 is 23.8 Å². The standard InChI is InChI=1S/C17H19ClN2OS/c1-12-6-3-4-9-16(12)21-11-13(2)19-17(22)20-15-8-5-7-14(18)10-15/h3-10,13H,11H2,1-2H3,(H2,19,20,22)/t13-/m1/s1. The summed E-state index contributed by atoms with van der Waals surface area (Å²) in [4.78, 5) is 0. The van der Waals surface area contributed by atoms with Gasteiger partial charge < -0.3 is 15.4 Å². The molecule has 2 rings (SSSR count). The predicted octanol–water partition coefficient (Wildman–Crippen LogP) is 4.40. The molecule has 1 atom stereocenters. The molecule has 0 spiro atoms. The minimum absolute atomic E-state index is 0.0822. The average molecular weight is 335 g/mol. The molecular weight excluding hydrogens is 316 g/mol. The minimum Gasteiger partial charge on any atom is -0.491 e. The second-order valence-corrected chi connectivity index (χ2v) is 5.93. The maximum absolute atomic E-state index is 5.94. The molecular formula is C17H19ClN2OS. The van der Waals surface area contributed by atoms with Crippen LogP contribution in [0.3, 0.4) is 0 Å². The largest absolute Gasteiger partial charge is 0.491 e. The quantitative estimate of drug-likeness (QED) is 0.794. The topological polar surface area (TPSA) is 33.3 Å². The van der Waals surface area contributed by atoms with Crippen molar-refractivity contribution in [2.45, 2.75) is 19.9 Å². The molecule has 0 fully saturated rings. The minimum atomic E-state index is 0.0822. The number of hydrogen-bond acceptors (Lipinski definition) is 2. The van der Waals surface area contributed by atoms with Gasteiger partial charge in [0.2, 0.25) is 0 Å². The molecule has 0 saturated carbocycles. The third kappa shape index (κ3) is 5.20. The van der Waals surface area contributed by atoms with Crippen LogP contribution in [0.5, 0.6) is 5.75 Å². The van der Waals surface area contributed by atoms with Gasteiger partial charge in [0.05, 0.1) is 6.04 Å². The number of benzene rings is 2. The smallest absolute Gasteiger partial charge is 0.171 e. The van der Waals surface area contributed by atoms with Crippen LogP contribution in [0, 0.1) is 6.92 Å². The maximum atomic E-state index is 5.94. The lowest BCUT2D eigenvalue weighted by Gasteiger charge is -2.18. The van der Waals surface area contributed by atoms with Gasteiger partial charge in [0.25, 0.3) is 0 Å². The number of rotatable bonds is 5. The Balaban J connectivity index is 1.80. The van der Waals surface area contributed by atoms with Gasteiger partial charge in [-0.05, 0) is 55.9 Å². The Kier molecular flexibility index (Phi) is 6.04. The second-order valence-electron chi connectivity index (χ2n) is 5.09. The molecule has 0 aliphatic rings. The van der Waals surface area contributed by atoms with E-state index in [2.05, 4.69) is 10.6 Å². The van der Waals surface area contributed by atoms with E-state index < -0.39 is 0 Å². The molecule has 116 valence electrons. The highest BCUT2D eigenvalue weighted by molar-refractivity contribution is 7.80. The highest BCUT2D eigenvalue weighted by Crippen LogP contribution is 2.16. The molecule has 0 unspecified atom stereocenters. The first-order valence-corrected chi connectivity index (χ1v) is 7.85. The Morgan fingerprint density at radius 1 is 1.23 bits per heavy atom. The summed E-state index contributed by atoms with van der Waals surface area (Å²) in [5.74, 6) is 0.893. The SMILES string of the molecule is Cc1ccccc1OC[C@@H](C)NC(=S)Nc1cccc(Cl)c1. The van der Waals surface area contributed by atoms with Gasteiger partial charge in [0.15, 0.2) is 5.11 Å². The normalized spacial score (nSPS) is 11.6. The summed E-state index contributed by atoms with van der Waals surface area (Å²) >= 11 is 11.2. The van der Waals surface area contributed by atoms with Crippen molar-refractivity contribution in [1.29, 1.82) is 0 Å². The van der Waals surface area contributed by atoms with E-state index >= 15 is 0 Å². The highest BCUT2D eigenvalue weighted by Gasteiger charge is 2.07. The van der Waals surface area contributed by atoms with Crippen molar-refractivity contribution in [3.8, 4) is 5.75 Å². The third-order valence-corrected chi connectivity index (χ3v) is 3.50. The van der Waals surface area contributed by atoms with Crippen molar-refractivity contribution < 1.29 is 4.74 Å². The van der Waals surface area contributed by atoms with Crippen LogP contribution in [0.2, 0.25) is 5.02 Å². The zero-order valence-electron chi connectivity index (χ0n) is 12.6. The van der Waals surface area contributed by atoms with Crippen molar-refractivity contribution >= 4 is 34.6 Å². The fourth-order valence-corrected chi connectivity index (χ4v) is 2.44. The van der Waals surface area contributed by atoms with Crippen molar-refractivity contribution in [2.24, 2.45) is 0 Å². The molecule has 5 heteroatoms. The van der Waals surface area contributed by atoms with Crippen molar-refractivity contribution in [3.05, 3.63) is 59.1 Å². The first-order chi connectivity index (χ1) is 10.5. The highest BCUT2D eigenvalue weighted by atomic mass is 35.5. The van der Waals surface area contributed by atoms with E-state index in [-0.39, 0.29) is 6.04 Å². The van der Waals surface area contributed by atoms with Gasteiger partial charge in [-0.15, -0.1) is 0 Å². The molecule has 0 bridgehead atoms. The summed E-state index contributed by atoms with van der Waals surface area (Å²) in [5, 5.41) is 7.51. The van der Waals surface area contributed by atoms with Gasteiger partial charge >= 0.3 is 0 Å². The van der Waals surface area contributed by atoms with Crippen LogP contribution in [0.4, 0.5) is 5.69 Å². The van der Waals surface area contributed by atoms with Gasteiger partial charge in [0, 0.05) is 10.7 Å². The van der Waals surface area contributed by atoms with Crippen molar-refractivity contribution in [1.82, 2.24) is 5.32 Å². The number of aryl methyl sites for hydroxylation is 1. The first-order valence-electron chi connectivity index (χ1n) is 7.06. The van der Waals surface area contributed by atoms with Gasteiger partial charge in [-0.3, -0.25) is 0 Å². The van der Waals surface area contributed by atoms with Crippen LogP contribution in [0.25, 0.3) is 0 Å². The Bertz CT molecular complexity index is 648. The van der Waals surface area contributed by atoms with Crippen LogP contribution in [-0.2, 0) is 0 Å². The van der Waals surface area contributed by atoms with E-state index in [9.17, 15) is 0 Å². The third-order valence-electron chi connectivity index (χ3n) is 3.04. The molecule has 3 nitrogen and oxygen atoms in total. The summed E-state index contributed by atoms with van der Waals surface area (Å²) < 4.78 is 5.80. The first kappa shape index (κ1) is 16.6. The Morgan fingerprint density at radius 3 is 2.73 bits per heavy atom. The lowest BCUT2D eigenvalue weighted by molar-refractivity contribution is 0.285. The van der Waals surface area contributed by atoms with Crippen molar-refractivity contribution in [2.75, 3.05) is 11.9 Å². The van der Waals surface area contributed by atoms with Crippen LogP contribution in [0.15, 0.2) is 48.5 Å². The number of hydrogen-bond donors (Lipinski definition) is 2. The predicted molar refractivity (Wildman–Crippen MR) is 96.9 cm³/mol. The molecule has 0 aromatic heterocycles. The van der Waals surface area contributed by atoms with E-state index in [1.807, 2.05) is 62.4 Å². The molecule has 0 heterocycles. The summed E-state index contributed by atoms with van der Waals surface area (Å²) in [6.07, 6.45) is 0. The molecule has 22 heavy (non-hydrogen) atoms. The zero-order chi connectivity index (χ0) is 15.9. The molecule has 0 amide bonds. The number of ether oxygens (including phenoxy) is 1. The van der Waals surface area contributed by atoms with Gasteiger partial charge in [-0.2, -0.15) is 0 Å². The fourth-order valence-electron chi connectivity index (χ4n) is 1.93. The average Bonchev–Trinajstić information content (AvgIpc) is 2.46. The maximum Gasteiger partial charge on any atom is 0.171 e. The molecule has 0 aliphatic carbocycles. The molecule has 0 radical (unpaired) electrons. The van der Waals surface area contributed by atoms with Gasteiger partial charge in [-0.1, -0.05) is 35.9 Å². The zero-order valence-corrected chi connectivity index (χ0v) is 14.2. The molecule has 0 aliphatic heterocycles. The van der Waals surface area contributed by atoms with E-state index in [0.717, 1.165) is 17.0 Å². The van der Waals surface area contributed by atoms with E-state index in [0.29, 0.717) is 16.7 Å². The monoisotopic (exact) mass is 334 g/mol. The van der Waals surface area contributed by atoms with Crippen molar-refractivity contribution in [3.63, 3.8) is 0 Å². The van der Waals surface area contributed by atoms with E-state index in [4.69, 9.17) is 28.6 Å². The van der Waals surface area contributed by atoms with Crippen LogP contribution in [0.1, 0.15) is 12.5 Å². The number of halogens is 1. The lowest BCUT2D eigenvalue weighted by atomic mass is 10.2. The van der Waals surface area contributed by atoms with Crippen LogP contribution in [-0.4, -0.2) is 17.8 Å². The number of anilines is 1. The lowest BCUT2D eigenvalue weighted by Crippen LogP contribution is -2.39. The molecule has 0 saturated heterocycles.